The fourth-order valence-electron chi connectivity index (χ4n) is 5.17. The molecule has 1 nitrogen and oxygen atoms in total. The lowest BCUT2D eigenvalue weighted by Crippen LogP contribution is -2.25. The summed E-state index contributed by atoms with van der Waals surface area (Å²) in [5.74, 6) is 3.54. The minimum atomic E-state index is 0.734. The summed E-state index contributed by atoms with van der Waals surface area (Å²) >= 11 is 0. The maximum Gasteiger partial charge on any atom is 0.0717 e. The predicted molar refractivity (Wildman–Crippen MR) is 116 cm³/mol. The molecule has 0 heterocycles. The minimum absolute atomic E-state index is 0.734. The number of benzene rings is 1. The maximum atomic E-state index is 5.75. The van der Waals surface area contributed by atoms with Gasteiger partial charge < -0.3 is 4.74 Å². The molecular formula is C26H38O. The second-order valence-corrected chi connectivity index (χ2v) is 8.67. The molecule has 2 fully saturated rings. The zero-order valence-corrected chi connectivity index (χ0v) is 17.2. The van der Waals surface area contributed by atoms with Gasteiger partial charge in [-0.1, -0.05) is 42.5 Å². The van der Waals surface area contributed by atoms with Gasteiger partial charge in [0.25, 0.3) is 0 Å². The molecule has 3 rings (SSSR count). The van der Waals surface area contributed by atoms with E-state index in [0.29, 0.717) is 0 Å². The molecule has 2 aliphatic rings. The molecule has 0 aromatic heterocycles. The van der Waals surface area contributed by atoms with Gasteiger partial charge >= 0.3 is 0 Å². The van der Waals surface area contributed by atoms with Crippen LogP contribution in [0.1, 0.15) is 81.8 Å². The lowest BCUT2D eigenvalue weighted by Gasteiger charge is -2.37. The Hall–Kier alpha value is -1.34. The molecule has 1 heteroatoms. The molecule has 0 bridgehead atoms. The fraction of sp³-hybridized carbons (Fsp3) is 0.615. The van der Waals surface area contributed by atoms with Gasteiger partial charge in [-0.2, -0.15) is 0 Å². The highest BCUT2D eigenvalue weighted by molar-refractivity contribution is 5.25. The highest BCUT2D eigenvalue weighted by Gasteiger charge is 2.30. The first kappa shape index (κ1) is 20.4. The molecule has 1 aromatic rings. The lowest BCUT2D eigenvalue weighted by atomic mass is 9.68. The first-order chi connectivity index (χ1) is 13.3. The normalized spacial score (nSPS) is 29.1. The highest BCUT2D eigenvalue weighted by Crippen LogP contribution is 2.44. The third-order valence-corrected chi connectivity index (χ3v) is 6.97. The number of hydrogen-bond donors (Lipinski definition) is 0. The average molecular weight is 367 g/mol. The van der Waals surface area contributed by atoms with Crippen LogP contribution in [-0.4, -0.2) is 6.61 Å². The topological polar surface area (TPSA) is 9.23 Å². The molecule has 0 unspecified atom stereocenters. The van der Waals surface area contributed by atoms with Crippen LogP contribution in [0, 0.1) is 17.8 Å². The molecule has 0 spiro atoms. The van der Waals surface area contributed by atoms with Crippen molar-refractivity contribution in [1.29, 1.82) is 0 Å². The van der Waals surface area contributed by atoms with E-state index in [0.717, 1.165) is 43.3 Å². The van der Waals surface area contributed by atoms with Gasteiger partial charge in [-0.05, 0) is 99.5 Å². The number of allylic oxidation sites excluding steroid dienone is 2. The zero-order chi connectivity index (χ0) is 18.9. The second kappa shape index (κ2) is 10.9. The second-order valence-electron chi connectivity index (χ2n) is 8.67. The van der Waals surface area contributed by atoms with Crippen LogP contribution in [0.15, 0.2) is 49.1 Å². The molecule has 148 valence electrons. The fourth-order valence-corrected chi connectivity index (χ4v) is 5.17. The van der Waals surface area contributed by atoms with E-state index in [1.807, 2.05) is 0 Å². The standard InChI is InChI=1S/C26H38O/c1-3-5-6-19-27-20-22-9-13-24(14-10-22)26-17-15-25(16-18-26)23-11-7-21(4-2)8-12-23/h3-5,9-10,13-14,21,23,25-26H,2,6-8,11-12,15-20H2,1H3/b5-3+. The Morgan fingerprint density at radius 1 is 0.926 bits per heavy atom. The van der Waals surface area contributed by atoms with Crippen molar-refractivity contribution in [3.8, 4) is 0 Å². The molecule has 0 N–H and O–H groups in total. The van der Waals surface area contributed by atoms with Crippen molar-refractivity contribution >= 4 is 0 Å². The van der Waals surface area contributed by atoms with Crippen molar-refractivity contribution in [3.05, 3.63) is 60.2 Å². The van der Waals surface area contributed by atoms with Crippen molar-refractivity contribution in [2.45, 2.75) is 77.2 Å². The average Bonchev–Trinajstić information content (AvgIpc) is 2.74. The van der Waals surface area contributed by atoms with Crippen LogP contribution in [-0.2, 0) is 11.3 Å². The summed E-state index contributed by atoms with van der Waals surface area (Å²) in [6.07, 6.45) is 18.7. The summed E-state index contributed by atoms with van der Waals surface area (Å²) in [6.45, 7) is 7.59. The van der Waals surface area contributed by atoms with E-state index in [2.05, 4.69) is 56.0 Å². The Morgan fingerprint density at radius 2 is 1.56 bits per heavy atom. The van der Waals surface area contributed by atoms with E-state index in [-0.39, 0.29) is 0 Å². The summed E-state index contributed by atoms with van der Waals surface area (Å²) in [6, 6.07) is 9.25. The maximum absolute atomic E-state index is 5.75. The first-order valence-corrected chi connectivity index (χ1v) is 11.2. The largest absolute Gasteiger partial charge is 0.376 e. The molecule has 0 aliphatic heterocycles. The summed E-state index contributed by atoms with van der Waals surface area (Å²) < 4.78 is 5.75. The van der Waals surface area contributed by atoms with E-state index in [1.54, 1.807) is 5.56 Å². The minimum Gasteiger partial charge on any atom is -0.376 e. The van der Waals surface area contributed by atoms with Gasteiger partial charge in [0.15, 0.2) is 0 Å². The quantitative estimate of drug-likeness (QED) is 0.343. The van der Waals surface area contributed by atoms with Crippen LogP contribution >= 0.6 is 0 Å². The summed E-state index contributed by atoms with van der Waals surface area (Å²) in [7, 11) is 0. The lowest BCUT2D eigenvalue weighted by molar-refractivity contribution is 0.125. The zero-order valence-electron chi connectivity index (χ0n) is 17.2. The molecule has 0 radical (unpaired) electrons. The Kier molecular flexibility index (Phi) is 8.20. The van der Waals surface area contributed by atoms with Gasteiger partial charge in [-0.25, -0.2) is 0 Å². The van der Waals surface area contributed by atoms with E-state index < -0.39 is 0 Å². The summed E-state index contributed by atoms with van der Waals surface area (Å²) in [4.78, 5) is 0. The van der Waals surface area contributed by atoms with Crippen LogP contribution in [0.3, 0.4) is 0 Å². The van der Waals surface area contributed by atoms with Crippen molar-refractivity contribution in [1.82, 2.24) is 0 Å². The van der Waals surface area contributed by atoms with Gasteiger partial charge in [-0.15, -0.1) is 6.58 Å². The van der Waals surface area contributed by atoms with Crippen LogP contribution in [0.25, 0.3) is 0 Å². The van der Waals surface area contributed by atoms with E-state index in [9.17, 15) is 0 Å². The monoisotopic (exact) mass is 366 g/mol. The van der Waals surface area contributed by atoms with E-state index in [1.165, 1.54) is 56.9 Å². The summed E-state index contributed by atoms with van der Waals surface area (Å²) in [5, 5.41) is 0. The van der Waals surface area contributed by atoms with Crippen molar-refractivity contribution in [2.75, 3.05) is 6.61 Å². The van der Waals surface area contributed by atoms with E-state index in [4.69, 9.17) is 4.74 Å². The number of hydrogen-bond acceptors (Lipinski definition) is 1. The molecule has 0 amide bonds. The Morgan fingerprint density at radius 3 is 2.15 bits per heavy atom. The first-order valence-electron chi connectivity index (χ1n) is 11.2. The van der Waals surface area contributed by atoms with Crippen molar-refractivity contribution in [2.24, 2.45) is 17.8 Å². The van der Waals surface area contributed by atoms with Crippen LogP contribution in [0.2, 0.25) is 0 Å². The van der Waals surface area contributed by atoms with Crippen molar-refractivity contribution in [3.63, 3.8) is 0 Å². The molecule has 27 heavy (non-hydrogen) atoms. The SMILES string of the molecule is C=CC1CCC(C2CCC(c3ccc(COCC/C=C/C)cc3)CC2)CC1. The smallest absolute Gasteiger partial charge is 0.0717 e. The Bertz CT molecular complexity index is 569. The third kappa shape index (κ3) is 6.07. The van der Waals surface area contributed by atoms with Crippen molar-refractivity contribution < 1.29 is 4.74 Å². The van der Waals surface area contributed by atoms with Crippen LogP contribution < -0.4 is 0 Å². The Balaban J connectivity index is 1.41. The predicted octanol–water partition coefficient (Wildman–Crippen LogP) is 7.44. The highest BCUT2D eigenvalue weighted by atomic mass is 16.5. The third-order valence-electron chi connectivity index (χ3n) is 6.97. The molecule has 0 saturated heterocycles. The summed E-state index contributed by atoms with van der Waals surface area (Å²) in [5.41, 5.74) is 2.84. The Labute approximate surface area is 166 Å². The number of ether oxygens (including phenoxy) is 1. The van der Waals surface area contributed by atoms with Gasteiger partial charge in [0.05, 0.1) is 13.2 Å². The van der Waals surface area contributed by atoms with Crippen LogP contribution in [0.5, 0.6) is 0 Å². The molecule has 1 aromatic carbocycles. The molecule has 2 aliphatic carbocycles. The molecule has 2 saturated carbocycles. The van der Waals surface area contributed by atoms with Gasteiger partial charge in [0, 0.05) is 0 Å². The van der Waals surface area contributed by atoms with Gasteiger partial charge in [0.2, 0.25) is 0 Å². The van der Waals surface area contributed by atoms with Gasteiger partial charge in [0.1, 0.15) is 0 Å². The molecular weight excluding hydrogens is 328 g/mol. The van der Waals surface area contributed by atoms with Gasteiger partial charge in [-0.3, -0.25) is 0 Å². The number of rotatable bonds is 8. The molecule has 0 atom stereocenters. The van der Waals surface area contributed by atoms with E-state index >= 15 is 0 Å². The van der Waals surface area contributed by atoms with Crippen LogP contribution in [0.4, 0.5) is 0 Å².